The molecule has 0 saturated carbocycles. The van der Waals surface area contributed by atoms with Crippen molar-refractivity contribution in [2.45, 2.75) is 19.4 Å². The first-order chi connectivity index (χ1) is 7.49. The fourth-order valence-electron chi connectivity index (χ4n) is 1.28. The quantitative estimate of drug-likeness (QED) is 0.591. The van der Waals surface area contributed by atoms with Crippen molar-refractivity contribution in [3.63, 3.8) is 0 Å². The van der Waals surface area contributed by atoms with Gasteiger partial charge in [0.05, 0.1) is 11.9 Å². The first-order valence-electron chi connectivity index (χ1n) is 5.16. The van der Waals surface area contributed by atoms with Crippen molar-refractivity contribution in [1.82, 2.24) is 20.2 Å². The lowest BCUT2D eigenvalue weighted by Crippen LogP contribution is -2.27. The molecule has 6 nitrogen and oxygen atoms in total. The monoisotopic (exact) mass is 246 g/mol. The summed E-state index contributed by atoms with van der Waals surface area (Å²) >= 11 is 0. The van der Waals surface area contributed by atoms with E-state index in [1.54, 1.807) is 6.20 Å². The van der Waals surface area contributed by atoms with Crippen LogP contribution in [0.3, 0.4) is 0 Å². The number of aromatic nitrogens is 2. The molecule has 0 radical (unpaired) electrons. The molecule has 1 aromatic heterocycles. The molecule has 0 bridgehead atoms. The van der Waals surface area contributed by atoms with Gasteiger partial charge < -0.3 is 5.32 Å². The second-order valence-corrected chi connectivity index (χ2v) is 5.54. The molecule has 0 spiro atoms. The maximum atomic E-state index is 10.8. The minimum Gasteiger partial charge on any atom is -0.309 e. The molecule has 92 valence electrons. The minimum atomic E-state index is -3.06. The van der Waals surface area contributed by atoms with Gasteiger partial charge in [0.25, 0.3) is 0 Å². The zero-order valence-corrected chi connectivity index (χ0v) is 10.3. The molecule has 0 aliphatic heterocycles. The summed E-state index contributed by atoms with van der Waals surface area (Å²) in [6.07, 6.45) is 3.62. The van der Waals surface area contributed by atoms with Crippen LogP contribution in [0.1, 0.15) is 25.1 Å². The van der Waals surface area contributed by atoms with Gasteiger partial charge in [-0.1, -0.05) is 0 Å². The maximum Gasteiger partial charge on any atom is 0.208 e. The lowest BCUT2D eigenvalue weighted by atomic mass is 10.2. The summed E-state index contributed by atoms with van der Waals surface area (Å²) in [5.74, 6) is 0. The molecule has 1 atom stereocenters. The molecule has 1 heterocycles. The van der Waals surface area contributed by atoms with Crippen LogP contribution >= 0.6 is 0 Å². The van der Waals surface area contributed by atoms with Gasteiger partial charge in [-0.15, -0.1) is 0 Å². The molecule has 7 heteroatoms. The van der Waals surface area contributed by atoms with Gasteiger partial charge in [0.1, 0.15) is 0 Å². The Morgan fingerprint density at radius 1 is 1.50 bits per heavy atom. The van der Waals surface area contributed by atoms with Crippen LogP contribution in [0.5, 0.6) is 0 Å². The molecule has 0 saturated heterocycles. The Kier molecular flexibility index (Phi) is 4.91. The highest BCUT2D eigenvalue weighted by molar-refractivity contribution is 7.88. The molecular formula is C9H18N4O2S. The van der Waals surface area contributed by atoms with Crippen molar-refractivity contribution < 1.29 is 8.42 Å². The normalized spacial score (nSPS) is 13.9. The number of sulfonamides is 1. The average molecular weight is 246 g/mol. The molecule has 0 aromatic carbocycles. The van der Waals surface area contributed by atoms with Crippen LogP contribution in [-0.2, 0) is 10.0 Å². The predicted octanol–water partition coefficient (Wildman–Crippen LogP) is -0.000400. The van der Waals surface area contributed by atoms with Crippen LogP contribution < -0.4 is 10.0 Å². The highest BCUT2D eigenvalue weighted by Crippen LogP contribution is 2.06. The van der Waals surface area contributed by atoms with Gasteiger partial charge in [-0.05, 0) is 26.0 Å². The molecule has 0 aliphatic carbocycles. The topological polar surface area (TPSA) is 86.9 Å². The van der Waals surface area contributed by atoms with E-state index in [2.05, 4.69) is 20.2 Å². The Labute approximate surface area is 95.9 Å². The highest BCUT2D eigenvalue weighted by atomic mass is 32.2. The van der Waals surface area contributed by atoms with Crippen LogP contribution in [0.2, 0.25) is 0 Å². The van der Waals surface area contributed by atoms with E-state index in [1.807, 2.05) is 13.0 Å². The third kappa shape index (κ3) is 5.24. The molecule has 16 heavy (non-hydrogen) atoms. The van der Waals surface area contributed by atoms with Crippen molar-refractivity contribution in [3.8, 4) is 0 Å². The van der Waals surface area contributed by atoms with Crippen LogP contribution in [0.25, 0.3) is 0 Å². The largest absolute Gasteiger partial charge is 0.309 e. The van der Waals surface area contributed by atoms with Gasteiger partial charge in [-0.3, -0.25) is 5.10 Å². The molecule has 1 unspecified atom stereocenters. The zero-order valence-electron chi connectivity index (χ0n) is 9.53. The Hall–Kier alpha value is -0.920. The molecule has 1 rings (SSSR count). The average Bonchev–Trinajstić information content (AvgIpc) is 2.67. The molecule has 0 aliphatic rings. The van der Waals surface area contributed by atoms with E-state index in [0.717, 1.165) is 24.9 Å². The van der Waals surface area contributed by atoms with Crippen LogP contribution in [0, 0.1) is 0 Å². The molecule has 1 aromatic rings. The number of rotatable bonds is 7. The first-order valence-corrected chi connectivity index (χ1v) is 7.05. The molecular weight excluding hydrogens is 228 g/mol. The minimum absolute atomic E-state index is 0.195. The summed E-state index contributed by atoms with van der Waals surface area (Å²) in [5.41, 5.74) is 1.02. The van der Waals surface area contributed by atoms with Gasteiger partial charge in [-0.25, -0.2) is 13.1 Å². The van der Waals surface area contributed by atoms with Gasteiger partial charge in [0, 0.05) is 18.8 Å². The fraction of sp³-hybridized carbons (Fsp3) is 0.667. The standard InChI is InChI=1S/C9H18N4O2S/c1-8(9-4-7-11-13-9)10-5-3-6-12-16(2,14)15/h4,7-8,10,12H,3,5-6H2,1-2H3,(H,11,13). The highest BCUT2D eigenvalue weighted by Gasteiger charge is 2.05. The van der Waals surface area contributed by atoms with Crippen LogP contribution in [0.4, 0.5) is 0 Å². The Bertz CT molecular complexity index is 388. The van der Waals surface area contributed by atoms with Gasteiger partial charge in [-0.2, -0.15) is 5.10 Å². The van der Waals surface area contributed by atoms with Crippen molar-refractivity contribution in [2.24, 2.45) is 0 Å². The summed E-state index contributed by atoms with van der Waals surface area (Å²) in [6, 6.07) is 2.10. The smallest absolute Gasteiger partial charge is 0.208 e. The fourth-order valence-corrected chi connectivity index (χ4v) is 1.80. The second kappa shape index (κ2) is 5.97. The summed E-state index contributed by atoms with van der Waals surface area (Å²) in [5, 5.41) is 10.0. The first kappa shape index (κ1) is 13.1. The van der Waals surface area contributed by atoms with Crippen LogP contribution in [0.15, 0.2) is 12.3 Å². The number of hydrogen-bond acceptors (Lipinski definition) is 4. The Morgan fingerprint density at radius 2 is 2.25 bits per heavy atom. The zero-order chi connectivity index (χ0) is 12.0. The molecule has 0 fully saturated rings. The summed E-state index contributed by atoms with van der Waals surface area (Å²) < 4.78 is 24.0. The predicted molar refractivity (Wildman–Crippen MR) is 62.5 cm³/mol. The summed E-state index contributed by atoms with van der Waals surface area (Å²) in [7, 11) is -3.06. The van der Waals surface area contributed by atoms with E-state index in [4.69, 9.17) is 0 Å². The Balaban J connectivity index is 2.12. The number of hydrogen-bond donors (Lipinski definition) is 3. The van der Waals surface area contributed by atoms with Crippen molar-refractivity contribution in [2.75, 3.05) is 19.3 Å². The number of nitrogens with one attached hydrogen (secondary N) is 3. The summed E-state index contributed by atoms with van der Waals surface area (Å²) in [6.45, 7) is 3.24. The SMILES string of the molecule is CC(NCCCNS(C)(=O)=O)c1ccn[nH]1. The number of nitrogens with zero attached hydrogens (tertiary/aromatic N) is 1. The lowest BCUT2D eigenvalue weighted by molar-refractivity contribution is 0.539. The van der Waals surface area contributed by atoms with E-state index in [1.165, 1.54) is 0 Å². The van der Waals surface area contributed by atoms with E-state index in [9.17, 15) is 8.42 Å². The van der Waals surface area contributed by atoms with E-state index < -0.39 is 10.0 Å². The maximum absolute atomic E-state index is 10.8. The van der Waals surface area contributed by atoms with Crippen molar-refractivity contribution in [3.05, 3.63) is 18.0 Å². The van der Waals surface area contributed by atoms with Crippen LogP contribution in [-0.4, -0.2) is 38.0 Å². The third-order valence-corrected chi connectivity index (χ3v) is 2.89. The van der Waals surface area contributed by atoms with E-state index in [-0.39, 0.29) is 6.04 Å². The van der Waals surface area contributed by atoms with E-state index >= 15 is 0 Å². The van der Waals surface area contributed by atoms with Gasteiger partial charge in [0.15, 0.2) is 0 Å². The lowest BCUT2D eigenvalue weighted by Gasteiger charge is -2.11. The van der Waals surface area contributed by atoms with Crippen molar-refractivity contribution >= 4 is 10.0 Å². The van der Waals surface area contributed by atoms with Crippen molar-refractivity contribution in [1.29, 1.82) is 0 Å². The summed E-state index contributed by atoms with van der Waals surface area (Å²) in [4.78, 5) is 0. The number of H-pyrrole nitrogens is 1. The van der Waals surface area contributed by atoms with Gasteiger partial charge in [0.2, 0.25) is 10.0 Å². The molecule has 0 amide bonds. The van der Waals surface area contributed by atoms with Gasteiger partial charge >= 0.3 is 0 Å². The van der Waals surface area contributed by atoms with E-state index in [0.29, 0.717) is 6.54 Å². The second-order valence-electron chi connectivity index (χ2n) is 3.71. The number of aromatic amines is 1. The third-order valence-electron chi connectivity index (χ3n) is 2.16. The molecule has 3 N–H and O–H groups in total. The Morgan fingerprint density at radius 3 is 2.81 bits per heavy atom.